The SMILES string of the molecule is CC(=O)N[C@@H]1CCC[C@H](NC(C)(C)C)C1. The Bertz CT molecular complexity index is 220. The molecule has 0 saturated heterocycles. The van der Waals surface area contributed by atoms with Gasteiger partial charge in [-0.3, -0.25) is 4.79 Å². The maximum atomic E-state index is 11.0. The summed E-state index contributed by atoms with van der Waals surface area (Å²) in [4.78, 5) is 11.0. The lowest BCUT2D eigenvalue weighted by Crippen LogP contribution is -2.49. The van der Waals surface area contributed by atoms with Gasteiger partial charge in [-0.2, -0.15) is 0 Å². The number of hydrogen-bond acceptors (Lipinski definition) is 2. The third-order valence-corrected chi connectivity index (χ3v) is 2.72. The van der Waals surface area contributed by atoms with Crippen LogP contribution in [0.25, 0.3) is 0 Å². The van der Waals surface area contributed by atoms with E-state index in [0.717, 1.165) is 12.8 Å². The number of carbonyl (C=O) groups excluding carboxylic acids is 1. The van der Waals surface area contributed by atoms with Gasteiger partial charge in [0.05, 0.1) is 0 Å². The molecule has 88 valence electrons. The second-order valence-corrected chi connectivity index (χ2v) is 5.66. The van der Waals surface area contributed by atoms with Gasteiger partial charge in [-0.15, -0.1) is 0 Å². The van der Waals surface area contributed by atoms with Crippen LogP contribution in [0.4, 0.5) is 0 Å². The number of amides is 1. The van der Waals surface area contributed by atoms with Gasteiger partial charge < -0.3 is 10.6 Å². The molecule has 1 rings (SSSR count). The smallest absolute Gasteiger partial charge is 0.217 e. The van der Waals surface area contributed by atoms with Gasteiger partial charge in [0.15, 0.2) is 0 Å². The lowest BCUT2D eigenvalue weighted by molar-refractivity contribution is -0.119. The van der Waals surface area contributed by atoms with Gasteiger partial charge in [-0.1, -0.05) is 0 Å². The van der Waals surface area contributed by atoms with E-state index >= 15 is 0 Å². The Morgan fingerprint density at radius 1 is 1.20 bits per heavy atom. The van der Waals surface area contributed by atoms with E-state index in [2.05, 4.69) is 31.4 Å². The molecule has 1 amide bonds. The summed E-state index contributed by atoms with van der Waals surface area (Å²) in [6, 6.07) is 0.923. The topological polar surface area (TPSA) is 41.1 Å². The normalized spacial score (nSPS) is 27.5. The van der Waals surface area contributed by atoms with Crippen molar-refractivity contribution in [1.29, 1.82) is 0 Å². The van der Waals surface area contributed by atoms with Crippen LogP contribution in [0.5, 0.6) is 0 Å². The predicted octanol–water partition coefficient (Wildman–Crippen LogP) is 1.82. The Labute approximate surface area is 93.0 Å². The Morgan fingerprint density at radius 3 is 2.33 bits per heavy atom. The molecule has 2 N–H and O–H groups in total. The predicted molar refractivity (Wildman–Crippen MR) is 62.7 cm³/mol. The van der Waals surface area contributed by atoms with Crippen molar-refractivity contribution >= 4 is 5.91 Å². The summed E-state index contributed by atoms with van der Waals surface area (Å²) in [5, 5.41) is 6.63. The van der Waals surface area contributed by atoms with Gasteiger partial charge in [0.25, 0.3) is 0 Å². The van der Waals surface area contributed by atoms with Gasteiger partial charge in [0.2, 0.25) is 5.91 Å². The van der Waals surface area contributed by atoms with E-state index in [1.807, 2.05) is 0 Å². The highest BCUT2D eigenvalue weighted by Gasteiger charge is 2.25. The summed E-state index contributed by atoms with van der Waals surface area (Å²) in [6.45, 7) is 8.17. The quantitative estimate of drug-likeness (QED) is 0.733. The Morgan fingerprint density at radius 2 is 1.80 bits per heavy atom. The van der Waals surface area contributed by atoms with Crippen LogP contribution in [-0.2, 0) is 4.79 Å². The molecule has 0 aromatic carbocycles. The second-order valence-electron chi connectivity index (χ2n) is 5.66. The molecule has 3 nitrogen and oxygen atoms in total. The first-order valence-corrected chi connectivity index (χ1v) is 5.91. The number of carbonyl (C=O) groups is 1. The van der Waals surface area contributed by atoms with E-state index in [4.69, 9.17) is 0 Å². The molecule has 2 atom stereocenters. The Balaban J connectivity index is 2.38. The summed E-state index contributed by atoms with van der Waals surface area (Å²) in [6.07, 6.45) is 4.63. The van der Waals surface area contributed by atoms with Gasteiger partial charge in [-0.05, 0) is 46.5 Å². The van der Waals surface area contributed by atoms with Crippen LogP contribution in [0.15, 0.2) is 0 Å². The molecule has 0 spiro atoms. The minimum Gasteiger partial charge on any atom is -0.354 e. The van der Waals surface area contributed by atoms with Crippen LogP contribution < -0.4 is 10.6 Å². The molecule has 0 aromatic heterocycles. The van der Waals surface area contributed by atoms with Crippen molar-refractivity contribution in [3.63, 3.8) is 0 Å². The number of hydrogen-bond donors (Lipinski definition) is 2. The van der Waals surface area contributed by atoms with Crippen molar-refractivity contribution in [3.8, 4) is 0 Å². The summed E-state index contributed by atoms with van der Waals surface area (Å²) >= 11 is 0. The van der Waals surface area contributed by atoms with Crippen molar-refractivity contribution in [2.45, 2.75) is 71.0 Å². The molecule has 0 aromatic rings. The highest BCUT2D eigenvalue weighted by molar-refractivity contribution is 5.73. The largest absolute Gasteiger partial charge is 0.354 e. The summed E-state index contributed by atoms with van der Waals surface area (Å²) < 4.78 is 0. The van der Waals surface area contributed by atoms with Crippen LogP contribution >= 0.6 is 0 Å². The number of nitrogens with one attached hydrogen (secondary N) is 2. The van der Waals surface area contributed by atoms with Crippen molar-refractivity contribution in [2.75, 3.05) is 0 Å². The summed E-state index contributed by atoms with van der Waals surface area (Å²) in [7, 11) is 0. The van der Waals surface area contributed by atoms with E-state index in [9.17, 15) is 4.79 Å². The fourth-order valence-corrected chi connectivity index (χ4v) is 2.35. The average molecular weight is 212 g/mol. The molecule has 0 bridgehead atoms. The zero-order valence-corrected chi connectivity index (χ0v) is 10.4. The molecular formula is C12H24N2O. The van der Waals surface area contributed by atoms with E-state index in [-0.39, 0.29) is 11.4 Å². The minimum atomic E-state index is 0.0939. The molecular weight excluding hydrogens is 188 g/mol. The molecule has 15 heavy (non-hydrogen) atoms. The first-order chi connectivity index (χ1) is 6.87. The molecule has 0 unspecified atom stereocenters. The Hall–Kier alpha value is -0.570. The zero-order chi connectivity index (χ0) is 11.5. The second kappa shape index (κ2) is 4.97. The van der Waals surface area contributed by atoms with Crippen LogP contribution in [-0.4, -0.2) is 23.5 Å². The van der Waals surface area contributed by atoms with Crippen molar-refractivity contribution < 1.29 is 4.79 Å². The lowest BCUT2D eigenvalue weighted by Gasteiger charge is -2.35. The standard InChI is InChI=1S/C12H24N2O/c1-9(15)13-10-6-5-7-11(8-10)14-12(2,3)4/h10-11,14H,5-8H2,1-4H3,(H,13,15)/t10-,11+/m1/s1. The molecule has 1 fully saturated rings. The van der Waals surface area contributed by atoms with Crippen LogP contribution in [0.3, 0.4) is 0 Å². The first kappa shape index (κ1) is 12.5. The van der Waals surface area contributed by atoms with Crippen molar-refractivity contribution in [2.24, 2.45) is 0 Å². The third-order valence-electron chi connectivity index (χ3n) is 2.72. The minimum absolute atomic E-state index is 0.0939. The zero-order valence-electron chi connectivity index (χ0n) is 10.4. The third kappa shape index (κ3) is 5.17. The molecule has 0 aliphatic heterocycles. The van der Waals surface area contributed by atoms with Gasteiger partial charge in [0.1, 0.15) is 0 Å². The van der Waals surface area contributed by atoms with Crippen molar-refractivity contribution in [1.82, 2.24) is 10.6 Å². The molecule has 1 aliphatic carbocycles. The van der Waals surface area contributed by atoms with Gasteiger partial charge in [0, 0.05) is 24.5 Å². The van der Waals surface area contributed by atoms with Crippen LogP contribution in [0.2, 0.25) is 0 Å². The fraction of sp³-hybridized carbons (Fsp3) is 0.917. The van der Waals surface area contributed by atoms with Gasteiger partial charge >= 0.3 is 0 Å². The highest BCUT2D eigenvalue weighted by Crippen LogP contribution is 2.20. The lowest BCUT2D eigenvalue weighted by atomic mass is 9.89. The van der Waals surface area contributed by atoms with E-state index in [0.29, 0.717) is 12.1 Å². The van der Waals surface area contributed by atoms with E-state index in [1.165, 1.54) is 12.8 Å². The molecule has 1 aliphatic rings. The number of rotatable bonds is 2. The van der Waals surface area contributed by atoms with E-state index in [1.54, 1.807) is 6.92 Å². The fourth-order valence-electron chi connectivity index (χ4n) is 2.35. The first-order valence-electron chi connectivity index (χ1n) is 5.91. The monoisotopic (exact) mass is 212 g/mol. The maximum Gasteiger partial charge on any atom is 0.217 e. The molecule has 0 heterocycles. The maximum absolute atomic E-state index is 11.0. The van der Waals surface area contributed by atoms with Crippen LogP contribution in [0, 0.1) is 0 Å². The van der Waals surface area contributed by atoms with E-state index < -0.39 is 0 Å². The average Bonchev–Trinajstić information content (AvgIpc) is 1.99. The molecule has 1 saturated carbocycles. The molecule has 3 heteroatoms. The summed E-state index contributed by atoms with van der Waals surface area (Å²) in [5.41, 5.74) is 0.169. The molecule has 0 radical (unpaired) electrons. The highest BCUT2D eigenvalue weighted by atomic mass is 16.1. The Kier molecular flexibility index (Phi) is 4.14. The van der Waals surface area contributed by atoms with Crippen molar-refractivity contribution in [3.05, 3.63) is 0 Å². The van der Waals surface area contributed by atoms with Crippen LogP contribution in [0.1, 0.15) is 53.4 Å². The van der Waals surface area contributed by atoms with Gasteiger partial charge in [-0.25, -0.2) is 0 Å². The summed E-state index contributed by atoms with van der Waals surface area (Å²) in [5.74, 6) is 0.0939.